The first-order valence-corrected chi connectivity index (χ1v) is 7.17. The molecule has 2 N–H and O–H groups in total. The molecule has 2 aromatic rings. The molecule has 0 aliphatic heterocycles. The quantitative estimate of drug-likeness (QED) is 0.858. The molecule has 21 heavy (non-hydrogen) atoms. The molecule has 5 heteroatoms. The number of hydrogen-bond acceptors (Lipinski definition) is 3. The van der Waals surface area contributed by atoms with E-state index >= 15 is 0 Å². The third-order valence-electron chi connectivity index (χ3n) is 3.11. The van der Waals surface area contributed by atoms with E-state index in [4.69, 9.17) is 0 Å². The largest absolute Gasteiger partial charge is 0.305 e. The lowest BCUT2D eigenvalue weighted by atomic mass is 10.1. The average molecular weight is 286 g/mol. The Bertz CT molecular complexity index is 587. The maximum absolute atomic E-state index is 12.1. The molecule has 0 aliphatic carbocycles. The highest BCUT2D eigenvalue weighted by molar-refractivity contribution is 6.03. The fourth-order valence-corrected chi connectivity index (χ4v) is 2.14. The standard InChI is InChI=1S/C16H22N4O/c1-4-5-14-10-15(19-18-14)17-16(21)13-8-6-12(7-9-13)11-20(2)3/h6-10H,4-5,11H2,1-3H3,(H2,17,18,19,21). The number of rotatable bonds is 6. The molecule has 1 amide bonds. The monoisotopic (exact) mass is 286 g/mol. The van der Waals surface area contributed by atoms with Gasteiger partial charge in [0, 0.05) is 23.9 Å². The van der Waals surface area contributed by atoms with Crippen molar-refractivity contribution in [2.24, 2.45) is 0 Å². The van der Waals surface area contributed by atoms with Crippen molar-refractivity contribution in [3.8, 4) is 0 Å². The minimum atomic E-state index is -0.138. The van der Waals surface area contributed by atoms with Gasteiger partial charge in [-0.1, -0.05) is 25.5 Å². The fourth-order valence-electron chi connectivity index (χ4n) is 2.14. The van der Waals surface area contributed by atoms with Gasteiger partial charge in [0.05, 0.1) is 0 Å². The van der Waals surface area contributed by atoms with Crippen LogP contribution in [0.15, 0.2) is 30.3 Å². The molecular formula is C16H22N4O. The molecule has 0 fully saturated rings. The first-order chi connectivity index (χ1) is 10.1. The predicted molar refractivity (Wildman–Crippen MR) is 84.4 cm³/mol. The molecule has 0 aliphatic rings. The van der Waals surface area contributed by atoms with Crippen LogP contribution in [0.4, 0.5) is 5.82 Å². The molecule has 1 heterocycles. The minimum Gasteiger partial charge on any atom is -0.305 e. The van der Waals surface area contributed by atoms with E-state index in [0.717, 1.165) is 25.1 Å². The molecule has 2 rings (SSSR count). The SMILES string of the molecule is CCCc1cc(NC(=O)c2ccc(CN(C)C)cc2)n[nH]1. The molecule has 0 saturated carbocycles. The summed E-state index contributed by atoms with van der Waals surface area (Å²) < 4.78 is 0. The zero-order chi connectivity index (χ0) is 15.2. The highest BCUT2D eigenvalue weighted by Gasteiger charge is 2.08. The van der Waals surface area contributed by atoms with Crippen molar-refractivity contribution in [2.75, 3.05) is 19.4 Å². The third kappa shape index (κ3) is 4.43. The Morgan fingerprint density at radius 3 is 2.62 bits per heavy atom. The van der Waals surface area contributed by atoms with Gasteiger partial charge in [-0.2, -0.15) is 5.10 Å². The van der Waals surface area contributed by atoms with E-state index in [1.165, 1.54) is 5.56 Å². The van der Waals surface area contributed by atoms with Gasteiger partial charge in [-0.3, -0.25) is 9.89 Å². The summed E-state index contributed by atoms with van der Waals surface area (Å²) in [6, 6.07) is 9.51. The minimum absolute atomic E-state index is 0.138. The van der Waals surface area contributed by atoms with Crippen LogP contribution in [0.2, 0.25) is 0 Å². The number of carbonyl (C=O) groups excluding carboxylic acids is 1. The molecule has 112 valence electrons. The average Bonchev–Trinajstić information content (AvgIpc) is 2.86. The smallest absolute Gasteiger partial charge is 0.256 e. The van der Waals surface area contributed by atoms with Gasteiger partial charge in [0.15, 0.2) is 5.82 Å². The molecule has 0 saturated heterocycles. The number of carbonyl (C=O) groups is 1. The third-order valence-corrected chi connectivity index (χ3v) is 3.11. The van der Waals surface area contributed by atoms with Gasteiger partial charge in [-0.15, -0.1) is 0 Å². The van der Waals surface area contributed by atoms with E-state index in [2.05, 4.69) is 27.3 Å². The highest BCUT2D eigenvalue weighted by Crippen LogP contribution is 2.11. The lowest BCUT2D eigenvalue weighted by Crippen LogP contribution is -2.13. The molecule has 0 spiro atoms. The molecule has 0 radical (unpaired) electrons. The van der Waals surface area contributed by atoms with Crippen LogP contribution >= 0.6 is 0 Å². The number of benzene rings is 1. The van der Waals surface area contributed by atoms with Crippen LogP contribution < -0.4 is 5.32 Å². The number of nitrogens with zero attached hydrogens (tertiary/aromatic N) is 2. The summed E-state index contributed by atoms with van der Waals surface area (Å²) in [4.78, 5) is 14.2. The topological polar surface area (TPSA) is 61.0 Å². The Kier molecular flexibility index (Phi) is 5.11. The van der Waals surface area contributed by atoms with E-state index in [1.807, 2.05) is 44.4 Å². The molecular weight excluding hydrogens is 264 g/mol. The molecule has 0 unspecified atom stereocenters. The van der Waals surface area contributed by atoms with Crippen LogP contribution in [-0.4, -0.2) is 35.1 Å². The summed E-state index contributed by atoms with van der Waals surface area (Å²) >= 11 is 0. The molecule has 0 atom stereocenters. The molecule has 5 nitrogen and oxygen atoms in total. The number of hydrogen-bond donors (Lipinski definition) is 2. The Labute approximate surface area is 125 Å². The molecule has 0 bridgehead atoms. The lowest BCUT2D eigenvalue weighted by Gasteiger charge is -2.09. The molecule has 1 aromatic carbocycles. The van der Waals surface area contributed by atoms with Gasteiger partial charge < -0.3 is 10.2 Å². The maximum Gasteiger partial charge on any atom is 0.256 e. The van der Waals surface area contributed by atoms with Gasteiger partial charge in [-0.05, 0) is 38.2 Å². The van der Waals surface area contributed by atoms with Crippen molar-refractivity contribution >= 4 is 11.7 Å². The molecule has 1 aromatic heterocycles. The Balaban J connectivity index is 1.99. The van der Waals surface area contributed by atoms with Crippen molar-refractivity contribution < 1.29 is 4.79 Å². The summed E-state index contributed by atoms with van der Waals surface area (Å²) in [5.74, 6) is 0.432. The second-order valence-electron chi connectivity index (χ2n) is 5.42. The van der Waals surface area contributed by atoms with Gasteiger partial charge in [-0.25, -0.2) is 0 Å². The van der Waals surface area contributed by atoms with Crippen molar-refractivity contribution in [2.45, 2.75) is 26.3 Å². The van der Waals surface area contributed by atoms with Crippen LogP contribution in [0.1, 0.15) is 35.0 Å². The number of aryl methyl sites for hydroxylation is 1. The summed E-state index contributed by atoms with van der Waals surface area (Å²) in [7, 11) is 4.04. The van der Waals surface area contributed by atoms with E-state index < -0.39 is 0 Å². The Morgan fingerprint density at radius 2 is 2.00 bits per heavy atom. The van der Waals surface area contributed by atoms with Crippen LogP contribution in [-0.2, 0) is 13.0 Å². The summed E-state index contributed by atoms with van der Waals surface area (Å²) in [5.41, 5.74) is 2.85. The van der Waals surface area contributed by atoms with Crippen molar-refractivity contribution in [1.29, 1.82) is 0 Å². The fraction of sp³-hybridized carbons (Fsp3) is 0.375. The normalized spacial score (nSPS) is 10.9. The van der Waals surface area contributed by atoms with Gasteiger partial charge in [0.1, 0.15) is 0 Å². The van der Waals surface area contributed by atoms with Gasteiger partial charge in [0.25, 0.3) is 5.91 Å². The van der Waals surface area contributed by atoms with E-state index in [1.54, 1.807) is 0 Å². The zero-order valence-corrected chi connectivity index (χ0v) is 12.8. The Morgan fingerprint density at radius 1 is 1.29 bits per heavy atom. The summed E-state index contributed by atoms with van der Waals surface area (Å²) in [5, 5.41) is 9.82. The predicted octanol–water partition coefficient (Wildman–Crippen LogP) is 2.68. The van der Waals surface area contributed by atoms with Crippen molar-refractivity contribution in [3.05, 3.63) is 47.2 Å². The number of aromatic nitrogens is 2. The van der Waals surface area contributed by atoms with Crippen LogP contribution in [0.3, 0.4) is 0 Å². The number of nitrogens with one attached hydrogen (secondary N) is 2. The van der Waals surface area contributed by atoms with Crippen molar-refractivity contribution in [3.63, 3.8) is 0 Å². The number of anilines is 1. The zero-order valence-electron chi connectivity index (χ0n) is 12.8. The Hall–Kier alpha value is -2.14. The first kappa shape index (κ1) is 15.3. The number of aromatic amines is 1. The van der Waals surface area contributed by atoms with Crippen LogP contribution in [0.25, 0.3) is 0 Å². The summed E-state index contributed by atoms with van der Waals surface area (Å²) in [6.45, 7) is 2.97. The van der Waals surface area contributed by atoms with Crippen LogP contribution in [0.5, 0.6) is 0 Å². The number of H-pyrrole nitrogens is 1. The van der Waals surface area contributed by atoms with Gasteiger partial charge >= 0.3 is 0 Å². The van der Waals surface area contributed by atoms with E-state index in [-0.39, 0.29) is 5.91 Å². The summed E-state index contributed by atoms with van der Waals surface area (Å²) in [6.07, 6.45) is 1.98. The number of amides is 1. The van der Waals surface area contributed by atoms with Crippen LogP contribution in [0, 0.1) is 0 Å². The maximum atomic E-state index is 12.1. The first-order valence-electron chi connectivity index (χ1n) is 7.17. The highest BCUT2D eigenvalue weighted by atomic mass is 16.1. The van der Waals surface area contributed by atoms with Gasteiger partial charge in [0.2, 0.25) is 0 Å². The van der Waals surface area contributed by atoms with E-state index in [9.17, 15) is 4.79 Å². The second-order valence-corrected chi connectivity index (χ2v) is 5.42. The van der Waals surface area contributed by atoms with E-state index in [0.29, 0.717) is 11.4 Å². The van der Waals surface area contributed by atoms with Crippen molar-refractivity contribution in [1.82, 2.24) is 15.1 Å². The lowest BCUT2D eigenvalue weighted by molar-refractivity contribution is 0.102. The second kappa shape index (κ2) is 7.04.